The number of piperidine rings is 1. The maximum absolute atomic E-state index is 3.70. The van der Waals surface area contributed by atoms with E-state index in [1.807, 2.05) is 0 Å². The molecule has 2 rings (SSSR count). The fourth-order valence-electron chi connectivity index (χ4n) is 3.00. The average molecular weight is 242 g/mol. The lowest BCUT2D eigenvalue weighted by atomic mass is 10.0. The Bertz CT molecular complexity index is 202. The predicted molar refractivity (Wildman–Crippen MR) is 73.2 cm³/mol. The molecule has 2 aliphatic heterocycles. The van der Waals surface area contributed by atoms with Crippen LogP contribution in [-0.2, 0) is 0 Å². The molecule has 94 valence electrons. The van der Waals surface area contributed by atoms with E-state index in [1.165, 1.54) is 50.3 Å². The summed E-state index contributed by atoms with van der Waals surface area (Å²) in [6, 6.07) is 2.26. The largest absolute Gasteiger partial charge is 0.311 e. The molecule has 1 N–H and O–H groups in total. The Morgan fingerprint density at radius 3 is 2.62 bits per heavy atom. The first-order chi connectivity index (χ1) is 7.75. The second kappa shape index (κ2) is 6.27. The molecule has 1 atom stereocenters. The minimum Gasteiger partial charge on any atom is -0.311 e. The van der Waals surface area contributed by atoms with Gasteiger partial charge in [0.05, 0.1) is 0 Å². The number of rotatable bonds is 3. The minimum absolute atomic E-state index is 0.631. The van der Waals surface area contributed by atoms with Crippen molar-refractivity contribution < 1.29 is 0 Å². The van der Waals surface area contributed by atoms with E-state index in [1.54, 1.807) is 0 Å². The van der Waals surface area contributed by atoms with E-state index in [0.717, 1.165) is 12.1 Å². The lowest BCUT2D eigenvalue weighted by molar-refractivity contribution is 0.127. The maximum Gasteiger partial charge on any atom is 0.0197 e. The van der Waals surface area contributed by atoms with Crippen LogP contribution >= 0.6 is 11.8 Å². The van der Waals surface area contributed by atoms with Gasteiger partial charge in [-0.15, -0.1) is 0 Å². The number of hydrogen-bond acceptors (Lipinski definition) is 3. The van der Waals surface area contributed by atoms with E-state index < -0.39 is 0 Å². The predicted octanol–water partition coefficient (Wildman–Crippen LogP) is 2.34. The molecule has 0 amide bonds. The number of thioether (sulfide) groups is 1. The van der Waals surface area contributed by atoms with Crippen LogP contribution in [0.5, 0.6) is 0 Å². The zero-order chi connectivity index (χ0) is 11.4. The molecule has 0 radical (unpaired) electrons. The Labute approximate surface area is 105 Å². The highest BCUT2D eigenvalue weighted by Gasteiger charge is 2.26. The lowest BCUT2D eigenvalue weighted by Gasteiger charge is -2.40. The second-order valence-electron chi connectivity index (χ2n) is 5.50. The van der Waals surface area contributed by atoms with Crippen molar-refractivity contribution in [2.45, 2.75) is 57.7 Å². The first kappa shape index (κ1) is 12.7. The monoisotopic (exact) mass is 242 g/mol. The first-order valence-corrected chi connectivity index (χ1v) is 7.99. The molecule has 1 unspecified atom stereocenters. The Balaban J connectivity index is 1.80. The third kappa shape index (κ3) is 3.64. The molecule has 2 fully saturated rings. The molecule has 0 aliphatic carbocycles. The molecular weight excluding hydrogens is 216 g/mol. The zero-order valence-corrected chi connectivity index (χ0v) is 11.6. The lowest BCUT2D eigenvalue weighted by Crippen LogP contribution is -2.51. The first-order valence-electron chi connectivity index (χ1n) is 6.83. The number of likely N-dealkylation sites (tertiary alicyclic amines) is 1. The van der Waals surface area contributed by atoms with Gasteiger partial charge in [0, 0.05) is 24.7 Å². The SMILES string of the molecule is CC(C)NC1CCCN(C2CCSCC2)C1. The van der Waals surface area contributed by atoms with Gasteiger partial charge in [0.25, 0.3) is 0 Å². The topological polar surface area (TPSA) is 15.3 Å². The van der Waals surface area contributed by atoms with Gasteiger partial charge in [-0.05, 0) is 43.7 Å². The Kier molecular flexibility index (Phi) is 4.98. The molecular formula is C13H26N2S. The summed E-state index contributed by atoms with van der Waals surface area (Å²) >= 11 is 2.13. The van der Waals surface area contributed by atoms with Gasteiger partial charge in [0.2, 0.25) is 0 Å². The molecule has 0 aromatic heterocycles. The van der Waals surface area contributed by atoms with E-state index in [2.05, 4.69) is 35.8 Å². The molecule has 0 saturated carbocycles. The minimum atomic E-state index is 0.631. The van der Waals surface area contributed by atoms with Gasteiger partial charge in [0.1, 0.15) is 0 Å². The summed E-state index contributed by atoms with van der Waals surface area (Å²) in [6.07, 6.45) is 5.59. The van der Waals surface area contributed by atoms with Crippen LogP contribution in [0.25, 0.3) is 0 Å². The summed E-state index contributed by atoms with van der Waals surface area (Å²) in [4.78, 5) is 2.75. The van der Waals surface area contributed by atoms with Gasteiger partial charge in [-0.25, -0.2) is 0 Å². The van der Waals surface area contributed by atoms with Crippen molar-refractivity contribution in [1.29, 1.82) is 0 Å². The maximum atomic E-state index is 3.70. The van der Waals surface area contributed by atoms with Crippen molar-refractivity contribution in [3.05, 3.63) is 0 Å². The molecule has 2 saturated heterocycles. The van der Waals surface area contributed by atoms with Crippen LogP contribution in [0.2, 0.25) is 0 Å². The second-order valence-corrected chi connectivity index (χ2v) is 6.72. The van der Waals surface area contributed by atoms with Crippen molar-refractivity contribution in [3.63, 3.8) is 0 Å². The number of hydrogen-bond donors (Lipinski definition) is 1. The smallest absolute Gasteiger partial charge is 0.0197 e. The molecule has 2 aliphatic rings. The highest BCUT2D eigenvalue weighted by molar-refractivity contribution is 7.99. The number of nitrogens with zero attached hydrogens (tertiary/aromatic N) is 1. The highest BCUT2D eigenvalue weighted by Crippen LogP contribution is 2.24. The van der Waals surface area contributed by atoms with Crippen LogP contribution in [-0.4, -0.2) is 47.6 Å². The van der Waals surface area contributed by atoms with Gasteiger partial charge in [-0.3, -0.25) is 4.90 Å². The van der Waals surface area contributed by atoms with Crippen LogP contribution in [0, 0.1) is 0 Å². The average Bonchev–Trinajstić information content (AvgIpc) is 2.30. The summed E-state index contributed by atoms with van der Waals surface area (Å²) in [7, 11) is 0. The highest BCUT2D eigenvalue weighted by atomic mass is 32.2. The molecule has 0 bridgehead atoms. The molecule has 0 spiro atoms. The molecule has 0 aromatic carbocycles. The van der Waals surface area contributed by atoms with Crippen LogP contribution in [0.3, 0.4) is 0 Å². The Morgan fingerprint density at radius 1 is 1.19 bits per heavy atom. The Hall–Kier alpha value is 0.270. The fraction of sp³-hybridized carbons (Fsp3) is 1.00. The summed E-state index contributed by atoms with van der Waals surface area (Å²) in [5.41, 5.74) is 0. The summed E-state index contributed by atoms with van der Waals surface area (Å²) in [5, 5.41) is 3.70. The van der Waals surface area contributed by atoms with Gasteiger partial charge in [-0.1, -0.05) is 13.8 Å². The van der Waals surface area contributed by atoms with Crippen LogP contribution in [0.1, 0.15) is 39.5 Å². The van der Waals surface area contributed by atoms with Gasteiger partial charge in [-0.2, -0.15) is 11.8 Å². The van der Waals surface area contributed by atoms with Gasteiger partial charge < -0.3 is 5.32 Å². The third-order valence-electron chi connectivity index (χ3n) is 3.73. The quantitative estimate of drug-likeness (QED) is 0.818. The molecule has 2 heterocycles. The van der Waals surface area contributed by atoms with Crippen molar-refractivity contribution in [1.82, 2.24) is 10.2 Å². The number of nitrogens with one attached hydrogen (secondary N) is 1. The van der Waals surface area contributed by atoms with Crippen LogP contribution in [0.4, 0.5) is 0 Å². The molecule has 0 aromatic rings. The zero-order valence-electron chi connectivity index (χ0n) is 10.7. The van der Waals surface area contributed by atoms with E-state index in [0.29, 0.717) is 6.04 Å². The van der Waals surface area contributed by atoms with Crippen molar-refractivity contribution in [2.24, 2.45) is 0 Å². The summed E-state index contributed by atoms with van der Waals surface area (Å²) in [5.74, 6) is 2.76. The summed E-state index contributed by atoms with van der Waals surface area (Å²) in [6.45, 7) is 7.14. The van der Waals surface area contributed by atoms with E-state index in [-0.39, 0.29) is 0 Å². The Morgan fingerprint density at radius 2 is 1.94 bits per heavy atom. The third-order valence-corrected chi connectivity index (χ3v) is 4.78. The molecule has 16 heavy (non-hydrogen) atoms. The standard InChI is InChI=1S/C13H26N2S/c1-11(2)14-12-4-3-7-15(10-12)13-5-8-16-9-6-13/h11-14H,3-10H2,1-2H3. The van der Waals surface area contributed by atoms with Crippen LogP contribution in [0.15, 0.2) is 0 Å². The molecule has 3 heteroatoms. The van der Waals surface area contributed by atoms with E-state index in [9.17, 15) is 0 Å². The van der Waals surface area contributed by atoms with Crippen molar-refractivity contribution in [3.8, 4) is 0 Å². The van der Waals surface area contributed by atoms with Gasteiger partial charge in [0.15, 0.2) is 0 Å². The summed E-state index contributed by atoms with van der Waals surface area (Å²) < 4.78 is 0. The van der Waals surface area contributed by atoms with E-state index >= 15 is 0 Å². The fourth-order valence-corrected chi connectivity index (χ4v) is 4.08. The normalized spacial score (nSPS) is 29.8. The van der Waals surface area contributed by atoms with Crippen molar-refractivity contribution in [2.75, 3.05) is 24.6 Å². The van der Waals surface area contributed by atoms with E-state index in [4.69, 9.17) is 0 Å². The van der Waals surface area contributed by atoms with Crippen LogP contribution < -0.4 is 5.32 Å². The van der Waals surface area contributed by atoms with Crippen molar-refractivity contribution >= 4 is 11.8 Å². The molecule has 2 nitrogen and oxygen atoms in total. The van der Waals surface area contributed by atoms with Gasteiger partial charge >= 0.3 is 0 Å².